The maximum Gasteiger partial charge on any atom is 0.417 e. The molecule has 0 aliphatic heterocycles. The largest absolute Gasteiger partial charge is 0.486 e. The van der Waals surface area contributed by atoms with Crippen LogP contribution in [-0.4, -0.2) is 0 Å². The first-order chi connectivity index (χ1) is 10.3. The summed E-state index contributed by atoms with van der Waals surface area (Å²) < 4.78 is 44.4. The lowest BCUT2D eigenvalue weighted by molar-refractivity contribution is -0.137. The molecule has 0 spiro atoms. The molecule has 0 radical (unpaired) electrons. The minimum absolute atomic E-state index is 0.0853. The number of nitriles is 1. The highest BCUT2D eigenvalue weighted by atomic mass is 19.4. The van der Waals surface area contributed by atoms with Crippen LogP contribution in [0, 0.1) is 18.3 Å². The molecule has 1 atom stereocenters. The van der Waals surface area contributed by atoms with E-state index in [1.54, 1.807) is 13.0 Å². The second-order valence-corrected chi connectivity index (χ2v) is 4.93. The smallest absolute Gasteiger partial charge is 0.417 e. The number of alkyl halides is 3. The number of nitrogens with zero attached hydrogens (tertiary/aromatic N) is 1. The van der Waals surface area contributed by atoms with Crippen molar-refractivity contribution in [3.63, 3.8) is 0 Å². The quantitative estimate of drug-likeness (QED) is 0.797. The number of hydrogen-bond acceptors (Lipinski definition) is 2. The Balaban J connectivity index is 2.31. The fourth-order valence-electron chi connectivity index (χ4n) is 2.24. The van der Waals surface area contributed by atoms with Crippen molar-refractivity contribution in [1.82, 2.24) is 0 Å². The molecule has 0 heterocycles. The second kappa shape index (κ2) is 6.10. The standard InChI is InChI=1S/C17H14F3NO/c1-11-5-3-4-6-15(11)12(2)22-14-8-7-13(10-21)16(9-14)17(18,19)20/h3-9,12H,1-2H3. The van der Waals surface area contributed by atoms with E-state index in [0.29, 0.717) is 0 Å². The van der Waals surface area contributed by atoms with Gasteiger partial charge < -0.3 is 4.74 Å². The minimum atomic E-state index is -4.59. The van der Waals surface area contributed by atoms with Crippen molar-refractivity contribution in [2.75, 3.05) is 0 Å². The van der Waals surface area contributed by atoms with E-state index in [1.165, 1.54) is 6.07 Å². The van der Waals surface area contributed by atoms with Gasteiger partial charge in [-0.15, -0.1) is 0 Å². The Labute approximate surface area is 126 Å². The van der Waals surface area contributed by atoms with Gasteiger partial charge in [0.15, 0.2) is 0 Å². The first kappa shape index (κ1) is 15.9. The fourth-order valence-corrected chi connectivity index (χ4v) is 2.24. The number of rotatable bonds is 3. The van der Waals surface area contributed by atoms with E-state index in [0.717, 1.165) is 23.3 Å². The highest BCUT2D eigenvalue weighted by molar-refractivity contribution is 5.44. The molecule has 5 heteroatoms. The van der Waals surface area contributed by atoms with Crippen molar-refractivity contribution in [3.8, 4) is 11.8 Å². The molecule has 0 saturated heterocycles. The summed E-state index contributed by atoms with van der Waals surface area (Å²) >= 11 is 0. The molecule has 2 rings (SSSR count). The third-order valence-corrected chi connectivity index (χ3v) is 3.36. The van der Waals surface area contributed by atoms with Crippen molar-refractivity contribution < 1.29 is 17.9 Å². The third kappa shape index (κ3) is 3.40. The van der Waals surface area contributed by atoms with Crippen molar-refractivity contribution in [2.45, 2.75) is 26.1 Å². The third-order valence-electron chi connectivity index (χ3n) is 3.36. The molecule has 0 aliphatic carbocycles. The fraction of sp³-hybridized carbons (Fsp3) is 0.235. The molecule has 2 nitrogen and oxygen atoms in total. The highest BCUT2D eigenvalue weighted by Gasteiger charge is 2.34. The zero-order chi connectivity index (χ0) is 16.3. The lowest BCUT2D eigenvalue weighted by atomic mass is 10.0. The predicted octanol–water partition coefficient (Wildman–Crippen LogP) is 5.03. The first-order valence-corrected chi connectivity index (χ1v) is 6.66. The monoisotopic (exact) mass is 305 g/mol. The molecule has 114 valence electrons. The van der Waals surface area contributed by atoms with Crippen LogP contribution in [0.2, 0.25) is 0 Å². The molecule has 0 aromatic heterocycles. The zero-order valence-electron chi connectivity index (χ0n) is 12.1. The maximum absolute atomic E-state index is 12.9. The number of ether oxygens (including phenoxy) is 1. The molecule has 1 unspecified atom stereocenters. The van der Waals surface area contributed by atoms with E-state index in [1.807, 2.05) is 31.2 Å². The summed E-state index contributed by atoms with van der Waals surface area (Å²) in [6.45, 7) is 3.68. The number of aryl methyl sites for hydroxylation is 1. The van der Waals surface area contributed by atoms with Crippen molar-refractivity contribution in [2.24, 2.45) is 0 Å². The topological polar surface area (TPSA) is 33.0 Å². The van der Waals surface area contributed by atoms with Crippen LogP contribution in [0.1, 0.15) is 35.3 Å². The summed E-state index contributed by atoms with van der Waals surface area (Å²) in [5.41, 5.74) is 0.507. The van der Waals surface area contributed by atoms with E-state index in [9.17, 15) is 13.2 Å². The van der Waals surface area contributed by atoms with Crippen LogP contribution < -0.4 is 4.74 Å². The summed E-state index contributed by atoms with van der Waals surface area (Å²) in [4.78, 5) is 0. The molecule has 0 N–H and O–H groups in total. The maximum atomic E-state index is 12.9. The van der Waals surface area contributed by atoms with E-state index in [-0.39, 0.29) is 5.75 Å². The molecular formula is C17H14F3NO. The lowest BCUT2D eigenvalue weighted by Crippen LogP contribution is -2.10. The SMILES string of the molecule is Cc1ccccc1C(C)Oc1ccc(C#N)c(C(F)(F)F)c1. The van der Waals surface area contributed by atoms with Crippen LogP contribution in [0.4, 0.5) is 13.2 Å². The number of halogens is 3. The van der Waals surface area contributed by atoms with Gasteiger partial charge >= 0.3 is 6.18 Å². The first-order valence-electron chi connectivity index (χ1n) is 6.66. The zero-order valence-corrected chi connectivity index (χ0v) is 12.1. The van der Waals surface area contributed by atoms with Crippen molar-refractivity contribution in [3.05, 3.63) is 64.7 Å². The average Bonchev–Trinajstić information content (AvgIpc) is 2.46. The molecule has 0 fully saturated rings. The number of hydrogen-bond donors (Lipinski definition) is 0. The van der Waals surface area contributed by atoms with Gasteiger partial charge in [-0.1, -0.05) is 24.3 Å². The average molecular weight is 305 g/mol. The van der Waals surface area contributed by atoms with Crippen LogP contribution in [0.5, 0.6) is 5.75 Å². The molecule has 2 aromatic carbocycles. The Hall–Kier alpha value is -2.48. The Bertz CT molecular complexity index is 717. The van der Waals surface area contributed by atoms with Crippen LogP contribution in [0.3, 0.4) is 0 Å². The van der Waals surface area contributed by atoms with Crippen LogP contribution in [0.25, 0.3) is 0 Å². The van der Waals surface area contributed by atoms with Gasteiger partial charge in [0.05, 0.1) is 17.2 Å². The number of benzene rings is 2. The van der Waals surface area contributed by atoms with E-state index < -0.39 is 23.4 Å². The normalized spacial score (nSPS) is 12.5. The van der Waals surface area contributed by atoms with Crippen LogP contribution in [0.15, 0.2) is 42.5 Å². The highest BCUT2D eigenvalue weighted by Crippen LogP contribution is 2.35. The van der Waals surface area contributed by atoms with Gasteiger partial charge in [0.1, 0.15) is 11.9 Å². The van der Waals surface area contributed by atoms with Gasteiger partial charge in [0, 0.05) is 0 Å². The van der Waals surface area contributed by atoms with Gasteiger partial charge in [0.2, 0.25) is 0 Å². The van der Waals surface area contributed by atoms with Gasteiger partial charge in [-0.3, -0.25) is 0 Å². The molecule has 0 aliphatic rings. The van der Waals surface area contributed by atoms with Gasteiger partial charge in [-0.2, -0.15) is 18.4 Å². The molecule has 0 bridgehead atoms. The summed E-state index contributed by atoms with van der Waals surface area (Å²) in [5.74, 6) is 0.0853. The van der Waals surface area contributed by atoms with Crippen molar-refractivity contribution >= 4 is 0 Å². The molecular weight excluding hydrogens is 291 g/mol. The Morgan fingerprint density at radius 1 is 1.14 bits per heavy atom. The predicted molar refractivity (Wildman–Crippen MR) is 76.4 cm³/mol. The Kier molecular flexibility index (Phi) is 4.41. The lowest BCUT2D eigenvalue weighted by Gasteiger charge is -2.18. The second-order valence-electron chi connectivity index (χ2n) is 4.93. The van der Waals surface area contributed by atoms with Crippen LogP contribution in [-0.2, 0) is 6.18 Å². The Morgan fingerprint density at radius 3 is 2.41 bits per heavy atom. The minimum Gasteiger partial charge on any atom is -0.486 e. The summed E-state index contributed by atoms with van der Waals surface area (Å²) in [6.07, 6.45) is -4.98. The van der Waals surface area contributed by atoms with E-state index >= 15 is 0 Å². The van der Waals surface area contributed by atoms with Gasteiger partial charge in [-0.05, 0) is 43.2 Å². The summed E-state index contributed by atoms with van der Waals surface area (Å²) in [7, 11) is 0. The van der Waals surface area contributed by atoms with E-state index in [2.05, 4.69) is 0 Å². The molecule has 2 aromatic rings. The van der Waals surface area contributed by atoms with Gasteiger partial charge in [0.25, 0.3) is 0 Å². The Morgan fingerprint density at radius 2 is 1.82 bits per heavy atom. The molecule has 0 amide bonds. The van der Waals surface area contributed by atoms with Crippen LogP contribution >= 0.6 is 0 Å². The van der Waals surface area contributed by atoms with Crippen molar-refractivity contribution in [1.29, 1.82) is 5.26 Å². The summed E-state index contributed by atoms with van der Waals surface area (Å²) in [5, 5.41) is 8.78. The summed E-state index contributed by atoms with van der Waals surface area (Å²) in [6, 6.07) is 12.4. The molecule has 22 heavy (non-hydrogen) atoms. The van der Waals surface area contributed by atoms with E-state index in [4.69, 9.17) is 10.00 Å². The van der Waals surface area contributed by atoms with Gasteiger partial charge in [-0.25, -0.2) is 0 Å². The molecule has 0 saturated carbocycles.